The maximum atomic E-state index is 12.8. The third-order valence-corrected chi connectivity index (χ3v) is 5.82. The van der Waals surface area contributed by atoms with E-state index in [1.807, 2.05) is 19.1 Å². The first-order chi connectivity index (χ1) is 9.78. The molecular weight excluding hydrogens is 333 g/mol. The quantitative estimate of drug-likeness (QED) is 0.799. The maximum Gasteiger partial charge on any atom is 0.269 e. The zero-order valence-corrected chi connectivity index (χ0v) is 14.2. The van der Waals surface area contributed by atoms with Crippen LogP contribution in [0.3, 0.4) is 0 Å². The second-order valence-corrected chi connectivity index (χ2v) is 7.16. The molecule has 2 rings (SSSR count). The van der Waals surface area contributed by atoms with Crippen LogP contribution in [-0.4, -0.2) is 25.2 Å². The average molecular weight is 348 g/mol. The Hall–Kier alpha value is -1.24. The van der Waals surface area contributed by atoms with Gasteiger partial charge in [-0.1, -0.05) is 29.3 Å². The van der Waals surface area contributed by atoms with Gasteiger partial charge in [0.15, 0.2) is 0 Å². The Bertz CT molecular complexity index is 754. The molecule has 114 valence electrons. The first kappa shape index (κ1) is 16.1. The Balaban J connectivity index is 2.54. The first-order valence-electron chi connectivity index (χ1n) is 6.12. The summed E-state index contributed by atoms with van der Waals surface area (Å²) in [6, 6.07) is 7.15. The first-order valence-corrected chi connectivity index (χ1v) is 8.47. The summed E-state index contributed by atoms with van der Waals surface area (Å²) in [6.45, 7) is 1.93. The van der Waals surface area contributed by atoms with Gasteiger partial charge in [-0.15, -0.1) is 11.6 Å². The van der Waals surface area contributed by atoms with Crippen molar-refractivity contribution in [3.63, 3.8) is 0 Å². The van der Waals surface area contributed by atoms with E-state index in [1.165, 1.54) is 16.0 Å². The van der Waals surface area contributed by atoms with E-state index >= 15 is 0 Å². The highest BCUT2D eigenvalue weighted by Crippen LogP contribution is 2.30. The summed E-state index contributed by atoms with van der Waals surface area (Å²) in [6.07, 6.45) is 0. The molecule has 5 nitrogen and oxygen atoms in total. The van der Waals surface area contributed by atoms with Crippen molar-refractivity contribution >= 4 is 38.9 Å². The van der Waals surface area contributed by atoms with Crippen LogP contribution in [0.1, 0.15) is 11.3 Å². The molecule has 1 aromatic carbocycles. The van der Waals surface area contributed by atoms with Gasteiger partial charge in [0.1, 0.15) is 10.0 Å². The minimum absolute atomic E-state index is 0.0309. The van der Waals surface area contributed by atoms with Crippen molar-refractivity contribution in [1.82, 2.24) is 9.78 Å². The van der Waals surface area contributed by atoms with Crippen LogP contribution in [0.25, 0.3) is 0 Å². The van der Waals surface area contributed by atoms with Gasteiger partial charge >= 0.3 is 0 Å². The molecule has 2 aromatic rings. The van der Waals surface area contributed by atoms with Crippen molar-refractivity contribution in [3.05, 3.63) is 40.7 Å². The van der Waals surface area contributed by atoms with Gasteiger partial charge in [0.05, 0.1) is 17.3 Å². The van der Waals surface area contributed by atoms with E-state index in [0.717, 1.165) is 5.56 Å². The normalized spacial score (nSPS) is 11.7. The van der Waals surface area contributed by atoms with Crippen LogP contribution in [-0.2, 0) is 23.0 Å². The zero-order valence-electron chi connectivity index (χ0n) is 11.8. The molecule has 0 atom stereocenters. The van der Waals surface area contributed by atoms with Crippen molar-refractivity contribution < 1.29 is 8.42 Å². The molecule has 21 heavy (non-hydrogen) atoms. The number of hydrogen-bond donors (Lipinski definition) is 0. The molecule has 0 aliphatic heterocycles. The third-order valence-electron chi connectivity index (χ3n) is 3.15. The summed E-state index contributed by atoms with van der Waals surface area (Å²) in [7, 11) is -0.778. The van der Waals surface area contributed by atoms with Crippen molar-refractivity contribution in [1.29, 1.82) is 0 Å². The fraction of sp³-hybridized carbons (Fsp3) is 0.308. The predicted molar refractivity (Wildman–Crippen MR) is 84.5 cm³/mol. The van der Waals surface area contributed by atoms with Gasteiger partial charge in [0, 0.05) is 14.1 Å². The van der Waals surface area contributed by atoms with Crippen LogP contribution >= 0.6 is 23.2 Å². The van der Waals surface area contributed by atoms with E-state index in [1.54, 1.807) is 19.2 Å². The average Bonchev–Trinajstić information content (AvgIpc) is 2.74. The summed E-state index contributed by atoms with van der Waals surface area (Å²) < 4.78 is 28.0. The summed E-state index contributed by atoms with van der Waals surface area (Å²) in [5, 5.41) is 4.08. The Morgan fingerprint density at radius 1 is 1.29 bits per heavy atom. The number of halogens is 2. The van der Waals surface area contributed by atoms with Crippen LogP contribution < -0.4 is 4.31 Å². The van der Waals surface area contributed by atoms with Crippen molar-refractivity contribution in [2.24, 2.45) is 7.05 Å². The standard InChI is InChI=1S/C13H15Cl2N3O2S/c1-9-4-6-10(7-5-9)18(3)21(19,20)12-11(8-14)16-17(2)13(12)15/h4-7H,8H2,1-3H3. The molecule has 0 saturated carbocycles. The number of aromatic nitrogens is 2. The van der Waals surface area contributed by atoms with Gasteiger partial charge in [-0.05, 0) is 19.1 Å². The Kier molecular flexibility index (Phi) is 4.51. The number of benzene rings is 1. The number of alkyl halides is 1. The Morgan fingerprint density at radius 2 is 1.86 bits per heavy atom. The van der Waals surface area contributed by atoms with Crippen molar-refractivity contribution in [2.45, 2.75) is 17.7 Å². The number of nitrogens with zero attached hydrogens (tertiary/aromatic N) is 3. The molecule has 0 saturated heterocycles. The molecule has 1 heterocycles. The Morgan fingerprint density at radius 3 is 2.38 bits per heavy atom. The number of sulfonamides is 1. The number of hydrogen-bond acceptors (Lipinski definition) is 3. The van der Waals surface area contributed by atoms with Gasteiger partial charge in [-0.25, -0.2) is 8.42 Å². The van der Waals surface area contributed by atoms with Gasteiger partial charge in [-0.3, -0.25) is 8.99 Å². The van der Waals surface area contributed by atoms with E-state index in [2.05, 4.69) is 5.10 Å². The molecule has 0 fully saturated rings. The highest BCUT2D eigenvalue weighted by Gasteiger charge is 2.30. The summed E-state index contributed by atoms with van der Waals surface area (Å²) in [5.41, 5.74) is 1.83. The van der Waals surface area contributed by atoms with Crippen LogP contribution in [0.15, 0.2) is 29.2 Å². The molecule has 0 spiro atoms. The van der Waals surface area contributed by atoms with Crippen LogP contribution in [0.4, 0.5) is 5.69 Å². The fourth-order valence-electron chi connectivity index (χ4n) is 1.91. The smallest absolute Gasteiger partial charge is 0.269 e. The lowest BCUT2D eigenvalue weighted by Crippen LogP contribution is -2.27. The Labute approximate surface area is 134 Å². The number of aryl methyl sites for hydroxylation is 2. The van der Waals surface area contributed by atoms with E-state index in [4.69, 9.17) is 23.2 Å². The molecule has 0 bridgehead atoms. The largest absolute Gasteiger partial charge is 0.269 e. The van der Waals surface area contributed by atoms with E-state index in [0.29, 0.717) is 5.69 Å². The van der Waals surface area contributed by atoms with E-state index < -0.39 is 10.0 Å². The second-order valence-electron chi connectivity index (χ2n) is 4.63. The molecule has 0 amide bonds. The number of anilines is 1. The second kappa shape index (κ2) is 5.87. The summed E-state index contributed by atoms with van der Waals surface area (Å²) >= 11 is 11.8. The molecule has 0 radical (unpaired) electrons. The van der Waals surface area contributed by atoms with Crippen LogP contribution in [0, 0.1) is 6.92 Å². The lowest BCUT2D eigenvalue weighted by molar-refractivity contribution is 0.593. The molecule has 8 heteroatoms. The maximum absolute atomic E-state index is 12.8. The molecule has 0 aliphatic carbocycles. The number of rotatable bonds is 4. The minimum Gasteiger partial charge on any atom is -0.269 e. The van der Waals surface area contributed by atoms with E-state index in [9.17, 15) is 8.42 Å². The molecule has 1 aromatic heterocycles. The SMILES string of the molecule is Cc1ccc(N(C)S(=O)(=O)c2c(CCl)nn(C)c2Cl)cc1. The van der Waals surface area contributed by atoms with Crippen molar-refractivity contribution in [3.8, 4) is 0 Å². The van der Waals surface area contributed by atoms with Crippen LogP contribution in [0.2, 0.25) is 5.15 Å². The molecule has 0 aliphatic rings. The van der Waals surface area contributed by atoms with Crippen LogP contribution in [0.5, 0.6) is 0 Å². The molecule has 0 N–H and O–H groups in total. The van der Waals surface area contributed by atoms with Gasteiger partial charge in [-0.2, -0.15) is 5.10 Å². The third kappa shape index (κ3) is 2.88. The summed E-state index contributed by atoms with van der Waals surface area (Å²) in [4.78, 5) is -0.0512. The lowest BCUT2D eigenvalue weighted by Gasteiger charge is -2.19. The summed E-state index contributed by atoms with van der Waals surface area (Å²) in [5.74, 6) is -0.0309. The van der Waals surface area contributed by atoms with Gasteiger partial charge in [0.2, 0.25) is 0 Å². The lowest BCUT2D eigenvalue weighted by atomic mass is 10.2. The van der Waals surface area contributed by atoms with Gasteiger partial charge < -0.3 is 0 Å². The monoisotopic (exact) mass is 347 g/mol. The predicted octanol–water partition coefficient (Wildman–Crippen LogP) is 2.95. The minimum atomic E-state index is -3.82. The van der Waals surface area contributed by atoms with Gasteiger partial charge in [0.25, 0.3) is 10.0 Å². The zero-order chi connectivity index (χ0) is 15.8. The topological polar surface area (TPSA) is 55.2 Å². The molecular formula is C13H15Cl2N3O2S. The van der Waals surface area contributed by atoms with E-state index in [-0.39, 0.29) is 21.6 Å². The molecule has 0 unspecified atom stereocenters. The van der Waals surface area contributed by atoms with Crippen molar-refractivity contribution in [2.75, 3.05) is 11.4 Å². The fourth-order valence-corrected chi connectivity index (χ4v) is 4.04. The highest BCUT2D eigenvalue weighted by atomic mass is 35.5. The highest BCUT2D eigenvalue weighted by molar-refractivity contribution is 7.93.